The predicted molar refractivity (Wildman–Crippen MR) is 95.4 cm³/mol. The number of hydrogen-bond donors (Lipinski definition) is 1. The number of halogens is 2. The first-order valence-corrected chi connectivity index (χ1v) is 9.29. The van der Waals surface area contributed by atoms with Crippen LogP contribution in [0.15, 0.2) is 15.7 Å². The van der Waals surface area contributed by atoms with Gasteiger partial charge in [0.05, 0.1) is 24.1 Å². The Morgan fingerprint density at radius 1 is 1.19 bits per heavy atom. The molecule has 1 saturated carbocycles. The Labute approximate surface area is 149 Å². The molecule has 6 nitrogen and oxygen atoms in total. The molecule has 0 bridgehead atoms. The summed E-state index contributed by atoms with van der Waals surface area (Å²) in [6, 6.07) is 1.09. The van der Waals surface area contributed by atoms with E-state index < -0.39 is 22.6 Å². The van der Waals surface area contributed by atoms with Crippen LogP contribution in [0.5, 0.6) is 0 Å². The third kappa shape index (κ3) is 2.16. The number of morpholine rings is 1. The highest BCUT2D eigenvalue weighted by atomic mass is 32.1. The van der Waals surface area contributed by atoms with E-state index in [4.69, 9.17) is 4.74 Å². The fourth-order valence-corrected chi connectivity index (χ4v) is 4.58. The lowest BCUT2D eigenvalue weighted by molar-refractivity contribution is 0.122. The number of fused-ring (bicyclic) bond motifs is 2. The number of H-pyrrole nitrogens is 1. The summed E-state index contributed by atoms with van der Waals surface area (Å²) in [6.45, 7) is 1.55. The predicted octanol–water partition coefficient (Wildman–Crippen LogP) is 2.35. The molecule has 9 heteroatoms. The van der Waals surface area contributed by atoms with Gasteiger partial charge in [-0.25, -0.2) is 8.78 Å². The summed E-state index contributed by atoms with van der Waals surface area (Å²) in [6.07, 6.45) is 1.67. The standard InChI is InChI=1S/C17H15F2N3O3S/c18-10-7-9-13(12(19)14(10)21-3-5-25-6-4-21)22(8-1-2-8)17-11(15(9)23)16(24)20-26-17/h7-8H,1-6H2,(H,20,24). The molecule has 1 aliphatic heterocycles. The van der Waals surface area contributed by atoms with Gasteiger partial charge in [-0.3, -0.25) is 14.0 Å². The molecule has 1 N–H and O–H groups in total. The van der Waals surface area contributed by atoms with Crippen LogP contribution in [0, 0.1) is 11.6 Å². The molecule has 26 heavy (non-hydrogen) atoms. The van der Waals surface area contributed by atoms with Gasteiger partial charge in [0.1, 0.15) is 21.7 Å². The minimum Gasteiger partial charge on any atom is -0.378 e. The summed E-state index contributed by atoms with van der Waals surface area (Å²) >= 11 is 1.02. The van der Waals surface area contributed by atoms with Gasteiger partial charge in [-0.15, -0.1) is 0 Å². The van der Waals surface area contributed by atoms with Crippen LogP contribution in [0.25, 0.3) is 21.1 Å². The third-order valence-electron chi connectivity index (χ3n) is 5.02. The van der Waals surface area contributed by atoms with E-state index in [1.165, 1.54) is 0 Å². The van der Waals surface area contributed by atoms with Crippen LogP contribution in [0.2, 0.25) is 0 Å². The van der Waals surface area contributed by atoms with Crippen LogP contribution >= 0.6 is 11.5 Å². The van der Waals surface area contributed by atoms with Crippen molar-refractivity contribution in [3.63, 3.8) is 0 Å². The van der Waals surface area contributed by atoms with Crippen LogP contribution in [0.3, 0.4) is 0 Å². The second-order valence-corrected chi connectivity index (χ2v) is 7.46. The first kappa shape index (κ1) is 16.0. The molecule has 2 aromatic heterocycles. The Bertz CT molecular complexity index is 1160. The minimum absolute atomic E-state index is 0.0181. The van der Waals surface area contributed by atoms with E-state index in [2.05, 4.69) is 4.37 Å². The highest BCUT2D eigenvalue weighted by Crippen LogP contribution is 2.42. The average Bonchev–Trinajstić information content (AvgIpc) is 3.39. The molecule has 0 radical (unpaired) electrons. The zero-order valence-electron chi connectivity index (χ0n) is 13.7. The summed E-state index contributed by atoms with van der Waals surface area (Å²) in [5, 5.41) is -0.104. The van der Waals surface area contributed by atoms with E-state index in [0.717, 1.165) is 30.4 Å². The van der Waals surface area contributed by atoms with Crippen LogP contribution < -0.4 is 15.9 Å². The highest BCUT2D eigenvalue weighted by molar-refractivity contribution is 7.12. The van der Waals surface area contributed by atoms with Crippen molar-refractivity contribution < 1.29 is 13.5 Å². The number of ether oxygens (including phenoxy) is 1. The van der Waals surface area contributed by atoms with Crippen molar-refractivity contribution in [1.29, 1.82) is 0 Å². The van der Waals surface area contributed by atoms with Crippen LogP contribution in [0.4, 0.5) is 14.5 Å². The minimum atomic E-state index is -0.789. The Morgan fingerprint density at radius 2 is 1.92 bits per heavy atom. The number of nitrogens with one attached hydrogen (secondary N) is 1. The molecule has 0 unspecified atom stereocenters. The summed E-state index contributed by atoms with van der Waals surface area (Å²) in [7, 11) is 0. The molecular formula is C17H15F2N3O3S. The molecule has 5 rings (SSSR count). The highest BCUT2D eigenvalue weighted by Gasteiger charge is 2.32. The molecule has 2 fully saturated rings. The van der Waals surface area contributed by atoms with Gasteiger partial charge >= 0.3 is 0 Å². The smallest absolute Gasteiger partial charge is 0.271 e. The second-order valence-electron chi connectivity index (χ2n) is 6.66. The van der Waals surface area contributed by atoms with Crippen LogP contribution in [-0.4, -0.2) is 35.2 Å². The maximum atomic E-state index is 15.5. The number of aromatic amines is 1. The number of pyridine rings is 1. The Kier molecular flexibility index (Phi) is 3.45. The first-order chi connectivity index (χ1) is 12.6. The van der Waals surface area contributed by atoms with Gasteiger partial charge in [-0.2, -0.15) is 0 Å². The molecular weight excluding hydrogens is 364 g/mol. The lowest BCUT2D eigenvalue weighted by Crippen LogP contribution is -2.37. The van der Waals surface area contributed by atoms with Crippen molar-refractivity contribution in [2.45, 2.75) is 18.9 Å². The number of nitrogens with zero attached hydrogens (tertiary/aromatic N) is 2. The number of rotatable bonds is 2. The maximum absolute atomic E-state index is 15.5. The topological polar surface area (TPSA) is 67.3 Å². The van der Waals surface area contributed by atoms with Crippen LogP contribution in [0.1, 0.15) is 18.9 Å². The van der Waals surface area contributed by atoms with Crippen molar-refractivity contribution in [3.05, 3.63) is 38.3 Å². The van der Waals surface area contributed by atoms with Gasteiger partial charge in [0, 0.05) is 19.1 Å². The molecule has 1 aromatic carbocycles. The lowest BCUT2D eigenvalue weighted by atomic mass is 10.1. The van der Waals surface area contributed by atoms with Gasteiger partial charge in [-0.1, -0.05) is 0 Å². The third-order valence-corrected chi connectivity index (χ3v) is 5.90. The molecule has 1 aliphatic carbocycles. The van der Waals surface area contributed by atoms with Gasteiger partial charge in [-0.05, 0) is 30.4 Å². The number of benzene rings is 1. The zero-order valence-corrected chi connectivity index (χ0v) is 14.5. The van der Waals surface area contributed by atoms with Gasteiger partial charge in [0.25, 0.3) is 5.56 Å². The van der Waals surface area contributed by atoms with Crippen LogP contribution in [-0.2, 0) is 4.74 Å². The maximum Gasteiger partial charge on any atom is 0.271 e. The first-order valence-electron chi connectivity index (χ1n) is 8.48. The van der Waals surface area contributed by atoms with E-state index in [-0.39, 0.29) is 28.0 Å². The number of aromatic nitrogens is 2. The van der Waals surface area contributed by atoms with Gasteiger partial charge in [0.15, 0.2) is 5.82 Å². The quantitative estimate of drug-likeness (QED) is 0.742. The van der Waals surface area contributed by atoms with E-state index in [1.807, 2.05) is 0 Å². The monoisotopic (exact) mass is 379 g/mol. The molecule has 1 saturated heterocycles. The number of hydrogen-bond acceptors (Lipinski definition) is 5. The average molecular weight is 379 g/mol. The molecule has 0 atom stereocenters. The normalized spacial score (nSPS) is 18.2. The van der Waals surface area contributed by atoms with Gasteiger partial charge in [0.2, 0.25) is 5.43 Å². The summed E-state index contributed by atoms with van der Waals surface area (Å²) < 4.78 is 39.8. The second kappa shape index (κ2) is 5.62. The molecule has 0 spiro atoms. The van der Waals surface area contributed by atoms with E-state index in [9.17, 15) is 14.0 Å². The fourth-order valence-electron chi connectivity index (χ4n) is 3.67. The molecule has 3 aromatic rings. The molecule has 136 valence electrons. The fraction of sp³-hybridized carbons (Fsp3) is 0.412. The Balaban J connectivity index is 1.92. The largest absolute Gasteiger partial charge is 0.378 e. The summed E-state index contributed by atoms with van der Waals surface area (Å²) in [4.78, 5) is 26.9. The SMILES string of the molecule is O=c1[nH]sc2c1c(=O)c1cc(F)c(N3CCOCC3)c(F)c1n2C1CC1. The van der Waals surface area contributed by atoms with Gasteiger partial charge < -0.3 is 14.2 Å². The molecule has 3 heterocycles. The van der Waals surface area contributed by atoms with E-state index in [0.29, 0.717) is 31.1 Å². The zero-order chi connectivity index (χ0) is 18.0. The number of anilines is 1. The lowest BCUT2D eigenvalue weighted by Gasteiger charge is -2.30. The van der Waals surface area contributed by atoms with E-state index >= 15 is 4.39 Å². The van der Waals surface area contributed by atoms with Crippen molar-refractivity contribution in [2.24, 2.45) is 0 Å². The molecule has 0 amide bonds. The van der Waals surface area contributed by atoms with Crippen molar-refractivity contribution in [2.75, 3.05) is 31.2 Å². The summed E-state index contributed by atoms with van der Waals surface area (Å²) in [5.74, 6) is -1.53. The summed E-state index contributed by atoms with van der Waals surface area (Å²) in [5.41, 5.74) is -1.18. The van der Waals surface area contributed by atoms with Crippen molar-refractivity contribution in [3.8, 4) is 0 Å². The van der Waals surface area contributed by atoms with E-state index in [1.54, 1.807) is 9.47 Å². The van der Waals surface area contributed by atoms with Crippen molar-refractivity contribution in [1.82, 2.24) is 8.94 Å². The Morgan fingerprint density at radius 3 is 2.62 bits per heavy atom. The van der Waals surface area contributed by atoms with Crippen molar-refractivity contribution >= 4 is 38.3 Å². The molecule has 2 aliphatic rings. The Hall–Kier alpha value is -2.26.